The second kappa shape index (κ2) is 8.54. The van der Waals surface area contributed by atoms with Gasteiger partial charge in [-0.3, -0.25) is 9.59 Å². The summed E-state index contributed by atoms with van der Waals surface area (Å²) in [6.07, 6.45) is 0. The number of hydrogen-bond acceptors (Lipinski definition) is 5. The summed E-state index contributed by atoms with van der Waals surface area (Å²) in [5.41, 5.74) is 1.99. The average molecular weight is 307 g/mol. The van der Waals surface area contributed by atoms with Gasteiger partial charge in [0, 0.05) is 0 Å². The topological polar surface area (TPSA) is 55.8 Å². The van der Waals surface area contributed by atoms with Gasteiger partial charge in [0.25, 0.3) is 0 Å². The van der Waals surface area contributed by atoms with Gasteiger partial charge in [0.2, 0.25) is 0 Å². The lowest BCUT2D eigenvalue weighted by Crippen LogP contribution is -2.39. The summed E-state index contributed by atoms with van der Waals surface area (Å²) < 4.78 is 10.2. The molecule has 0 aliphatic heterocycles. The van der Waals surface area contributed by atoms with E-state index in [0.29, 0.717) is 0 Å². The lowest BCUT2D eigenvalue weighted by Gasteiger charge is -2.30. The maximum Gasteiger partial charge on any atom is 0.322 e. The Morgan fingerprint density at radius 3 is 1.82 bits per heavy atom. The third-order valence-electron chi connectivity index (χ3n) is 3.37. The fourth-order valence-electron chi connectivity index (χ4n) is 2.37. The Labute approximate surface area is 132 Å². The van der Waals surface area contributed by atoms with Crippen molar-refractivity contribution in [3.8, 4) is 0 Å². The van der Waals surface area contributed by atoms with Gasteiger partial charge in [0.1, 0.15) is 0 Å². The summed E-state index contributed by atoms with van der Waals surface area (Å²) >= 11 is 0. The molecule has 1 rings (SSSR count). The lowest BCUT2D eigenvalue weighted by atomic mass is 9.91. The summed E-state index contributed by atoms with van der Waals surface area (Å²) in [6.45, 7) is 5.88. The van der Waals surface area contributed by atoms with Crippen LogP contribution in [0, 0.1) is 12.8 Å². The van der Waals surface area contributed by atoms with Crippen LogP contribution < -0.4 is 0 Å². The minimum Gasteiger partial charge on any atom is -0.465 e. The number of carbonyl (C=O) groups excluding carboxylic acids is 2. The molecule has 0 aliphatic rings. The number of benzene rings is 1. The molecule has 0 N–H and O–H groups in total. The first-order chi connectivity index (χ1) is 10.4. The Morgan fingerprint density at radius 1 is 1.00 bits per heavy atom. The number of rotatable bonds is 7. The zero-order valence-electron chi connectivity index (χ0n) is 14.0. The number of hydrogen-bond donors (Lipinski definition) is 0. The highest BCUT2D eigenvalue weighted by molar-refractivity contribution is 5.96. The highest BCUT2D eigenvalue weighted by Gasteiger charge is 2.39. The number of nitrogens with zero attached hydrogens (tertiary/aromatic N) is 1. The molecule has 1 atom stereocenters. The standard InChI is InChI=1S/C17H25NO4/c1-6-21-16(19)14(17(20)22-7-2)15(18(4)5)13-10-8-12(3)9-11-13/h8-11,14-15H,6-7H2,1-5H3/t15-/m1/s1. The van der Waals surface area contributed by atoms with E-state index in [4.69, 9.17) is 9.47 Å². The largest absolute Gasteiger partial charge is 0.465 e. The molecule has 0 saturated carbocycles. The van der Waals surface area contributed by atoms with Gasteiger partial charge in [-0.15, -0.1) is 0 Å². The minimum absolute atomic E-state index is 0.225. The Balaban J connectivity index is 3.22. The van der Waals surface area contributed by atoms with Crippen molar-refractivity contribution in [1.29, 1.82) is 0 Å². The van der Waals surface area contributed by atoms with Gasteiger partial charge >= 0.3 is 11.9 Å². The Kier molecular flexibility index (Phi) is 7.05. The average Bonchev–Trinajstić information content (AvgIpc) is 2.45. The molecule has 122 valence electrons. The molecule has 1 aromatic carbocycles. The zero-order valence-corrected chi connectivity index (χ0v) is 14.0. The molecule has 5 nitrogen and oxygen atoms in total. The number of aryl methyl sites for hydroxylation is 1. The molecule has 0 bridgehead atoms. The van der Waals surface area contributed by atoms with Gasteiger partial charge in [-0.1, -0.05) is 29.8 Å². The van der Waals surface area contributed by atoms with E-state index in [0.717, 1.165) is 11.1 Å². The summed E-state index contributed by atoms with van der Waals surface area (Å²) in [6, 6.07) is 7.33. The van der Waals surface area contributed by atoms with Crippen molar-refractivity contribution in [2.24, 2.45) is 5.92 Å². The Morgan fingerprint density at radius 2 is 1.45 bits per heavy atom. The summed E-state index contributed by atoms with van der Waals surface area (Å²) in [5.74, 6) is -2.11. The van der Waals surface area contributed by atoms with E-state index in [1.165, 1.54) is 0 Å². The maximum absolute atomic E-state index is 12.3. The number of esters is 2. The van der Waals surface area contributed by atoms with Crippen LogP contribution in [0.4, 0.5) is 0 Å². The molecule has 1 aromatic rings. The molecule has 0 unspecified atom stereocenters. The molecule has 0 radical (unpaired) electrons. The highest BCUT2D eigenvalue weighted by atomic mass is 16.6. The van der Waals surface area contributed by atoms with Crippen molar-refractivity contribution in [1.82, 2.24) is 4.90 Å². The van der Waals surface area contributed by atoms with Gasteiger partial charge in [-0.05, 0) is 40.4 Å². The van der Waals surface area contributed by atoms with Crippen LogP contribution in [-0.4, -0.2) is 44.1 Å². The van der Waals surface area contributed by atoms with Crippen LogP contribution in [0.3, 0.4) is 0 Å². The quantitative estimate of drug-likeness (QED) is 0.571. The van der Waals surface area contributed by atoms with Crippen LogP contribution in [0.5, 0.6) is 0 Å². The summed E-state index contributed by atoms with van der Waals surface area (Å²) in [7, 11) is 3.66. The van der Waals surface area contributed by atoms with Crippen molar-refractivity contribution < 1.29 is 19.1 Å². The van der Waals surface area contributed by atoms with Crippen molar-refractivity contribution >= 4 is 11.9 Å². The molecule has 0 saturated heterocycles. The van der Waals surface area contributed by atoms with Crippen molar-refractivity contribution in [2.45, 2.75) is 26.8 Å². The fraction of sp³-hybridized carbons (Fsp3) is 0.529. The van der Waals surface area contributed by atoms with Gasteiger partial charge in [0.05, 0.1) is 19.3 Å². The normalized spacial score (nSPS) is 12.3. The molecular formula is C17H25NO4. The van der Waals surface area contributed by atoms with Crippen LogP contribution in [0.15, 0.2) is 24.3 Å². The molecule has 0 spiro atoms. The highest BCUT2D eigenvalue weighted by Crippen LogP contribution is 2.29. The second-order valence-corrected chi connectivity index (χ2v) is 5.30. The van der Waals surface area contributed by atoms with E-state index in [1.807, 2.05) is 50.2 Å². The first-order valence-electron chi connectivity index (χ1n) is 7.48. The Hall–Kier alpha value is -1.88. The summed E-state index contributed by atoms with van der Waals surface area (Å²) in [5, 5.41) is 0. The SMILES string of the molecule is CCOC(=O)C(C(=O)OCC)[C@@H](c1ccc(C)cc1)N(C)C. The number of ether oxygens (including phenoxy) is 2. The predicted octanol–water partition coefficient (Wildman–Crippen LogP) is 2.34. The van der Waals surface area contributed by atoms with Crippen LogP contribution >= 0.6 is 0 Å². The third-order valence-corrected chi connectivity index (χ3v) is 3.37. The molecule has 0 aromatic heterocycles. The van der Waals surface area contributed by atoms with Crippen LogP contribution in [0.2, 0.25) is 0 Å². The van der Waals surface area contributed by atoms with E-state index in [2.05, 4.69) is 0 Å². The maximum atomic E-state index is 12.3. The van der Waals surface area contributed by atoms with E-state index in [-0.39, 0.29) is 13.2 Å². The predicted molar refractivity (Wildman–Crippen MR) is 84.4 cm³/mol. The Bertz CT molecular complexity index is 478. The van der Waals surface area contributed by atoms with E-state index in [9.17, 15) is 9.59 Å². The molecule has 0 amide bonds. The fourth-order valence-corrected chi connectivity index (χ4v) is 2.37. The van der Waals surface area contributed by atoms with E-state index >= 15 is 0 Å². The van der Waals surface area contributed by atoms with E-state index < -0.39 is 23.9 Å². The molecule has 0 fully saturated rings. The number of carbonyl (C=O) groups is 2. The lowest BCUT2D eigenvalue weighted by molar-refractivity contribution is -0.165. The van der Waals surface area contributed by atoms with Crippen molar-refractivity contribution in [3.63, 3.8) is 0 Å². The first-order valence-corrected chi connectivity index (χ1v) is 7.48. The molecule has 22 heavy (non-hydrogen) atoms. The van der Waals surface area contributed by atoms with Crippen LogP contribution in [0.1, 0.15) is 31.0 Å². The smallest absolute Gasteiger partial charge is 0.322 e. The van der Waals surface area contributed by atoms with Gasteiger partial charge in [-0.2, -0.15) is 0 Å². The van der Waals surface area contributed by atoms with Crippen LogP contribution in [-0.2, 0) is 19.1 Å². The van der Waals surface area contributed by atoms with Gasteiger partial charge in [0.15, 0.2) is 5.92 Å². The molecule has 0 heterocycles. The second-order valence-electron chi connectivity index (χ2n) is 5.30. The molecule has 5 heteroatoms. The zero-order chi connectivity index (χ0) is 16.7. The van der Waals surface area contributed by atoms with E-state index in [1.54, 1.807) is 13.8 Å². The van der Waals surface area contributed by atoms with Crippen LogP contribution in [0.25, 0.3) is 0 Å². The van der Waals surface area contributed by atoms with Gasteiger partial charge < -0.3 is 14.4 Å². The van der Waals surface area contributed by atoms with Gasteiger partial charge in [-0.25, -0.2) is 0 Å². The molecular weight excluding hydrogens is 282 g/mol. The van der Waals surface area contributed by atoms with Crippen molar-refractivity contribution in [3.05, 3.63) is 35.4 Å². The van der Waals surface area contributed by atoms with Crippen molar-refractivity contribution in [2.75, 3.05) is 27.3 Å². The first kappa shape index (κ1) is 18.2. The third kappa shape index (κ3) is 4.56. The minimum atomic E-state index is -1.00. The molecule has 0 aliphatic carbocycles. The summed E-state index contributed by atoms with van der Waals surface area (Å²) in [4.78, 5) is 26.4. The monoisotopic (exact) mass is 307 g/mol.